The lowest BCUT2D eigenvalue weighted by Crippen LogP contribution is -1.94. The van der Waals surface area contributed by atoms with Gasteiger partial charge < -0.3 is 0 Å². The van der Waals surface area contributed by atoms with Crippen molar-refractivity contribution in [2.24, 2.45) is 0 Å². The van der Waals surface area contributed by atoms with E-state index in [1.54, 1.807) is 6.92 Å². The third-order valence-corrected chi connectivity index (χ3v) is 2.17. The largest absolute Gasteiger partial charge is 0.288 e. The Morgan fingerprint density at radius 2 is 2.29 bits per heavy atom. The quantitative estimate of drug-likeness (QED) is 0.557. The molecule has 0 radical (unpaired) electrons. The Morgan fingerprint density at radius 1 is 1.64 bits per heavy atom. The molecule has 0 fully saturated rings. The first-order chi connectivity index (χ1) is 6.56. The number of nitro groups is 1. The third-order valence-electron chi connectivity index (χ3n) is 1.87. The molecule has 1 aromatic rings. The van der Waals surface area contributed by atoms with Gasteiger partial charge >= 0.3 is 0 Å². The van der Waals surface area contributed by atoms with Crippen molar-refractivity contribution in [3.8, 4) is 6.07 Å². The van der Waals surface area contributed by atoms with Crippen molar-refractivity contribution in [3.05, 3.63) is 38.4 Å². The van der Waals surface area contributed by atoms with Gasteiger partial charge in [-0.1, -0.05) is 11.6 Å². The van der Waals surface area contributed by atoms with Gasteiger partial charge in [0.1, 0.15) is 5.02 Å². The maximum atomic E-state index is 10.5. The van der Waals surface area contributed by atoms with Crippen LogP contribution in [0.4, 0.5) is 5.69 Å². The molecule has 0 saturated heterocycles. The fourth-order valence-electron chi connectivity index (χ4n) is 1.12. The van der Waals surface area contributed by atoms with Crippen molar-refractivity contribution in [1.82, 2.24) is 0 Å². The van der Waals surface area contributed by atoms with Crippen LogP contribution >= 0.6 is 11.6 Å². The van der Waals surface area contributed by atoms with Gasteiger partial charge in [-0.25, -0.2) is 0 Å². The topological polar surface area (TPSA) is 66.9 Å². The summed E-state index contributed by atoms with van der Waals surface area (Å²) in [5, 5.41) is 19.1. The second-order valence-electron chi connectivity index (χ2n) is 2.82. The number of nitriles is 1. The van der Waals surface area contributed by atoms with E-state index in [2.05, 4.69) is 0 Å². The van der Waals surface area contributed by atoms with Gasteiger partial charge in [0.05, 0.1) is 17.4 Å². The lowest BCUT2D eigenvalue weighted by Gasteiger charge is -2.02. The van der Waals surface area contributed by atoms with Crippen LogP contribution in [-0.2, 0) is 6.42 Å². The fraction of sp³-hybridized carbons (Fsp3) is 0.222. The van der Waals surface area contributed by atoms with E-state index < -0.39 is 4.92 Å². The molecule has 5 heteroatoms. The van der Waals surface area contributed by atoms with Gasteiger partial charge in [0, 0.05) is 6.07 Å². The molecule has 0 bridgehead atoms. The van der Waals surface area contributed by atoms with Crippen molar-refractivity contribution in [1.29, 1.82) is 5.26 Å². The van der Waals surface area contributed by atoms with Crippen LogP contribution in [0.5, 0.6) is 0 Å². The van der Waals surface area contributed by atoms with E-state index in [4.69, 9.17) is 16.9 Å². The summed E-state index contributed by atoms with van der Waals surface area (Å²) in [5.41, 5.74) is 1.29. The van der Waals surface area contributed by atoms with Crippen molar-refractivity contribution < 1.29 is 4.92 Å². The van der Waals surface area contributed by atoms with Gasteiger partial charge in [-0.05, 0) is 24.1 Å². The maximum Gasteiger partial charge on any atom is 0.288 e. The lowest BCUT2D eigenvalue weighted by atomic mass is 10.1. The summed E-state index contributed by atoms with van der Waals surface area (Å²) in [5.74, 6) is 0. The van der Waals surface area contributed by atoms with Crippen LogP contribution in [-0.4, -0.2) is 4.92 Å². The van der Waals surface area contributed by atoms with E-state index in [9.17, 15) is 10.1 Å². The van der Waals surface area contributed by atoms with E-state index >= 15 is 0 Å². The van der Waals surface area contributed by atoms with Gasteiger partial charge in [0.25, 0.3) is 5.69 Å². The molecule has 1 aromatic carbocycles. The highest BCUT2D eigenvalue weighted by atomic mass is 35.5. The standard InChI is InChI=1S/C9H7ClN2O2/c1-6-4-8(10)9(12(13)14)5-7(6)2-3-11/h4-5H,2H2,1H3. The SMILES string of the molecule is Cc1cc(Cl)c([N+](=O)[O-])cc1CC#N. The van der Waals surface area contributed by atoms with Crippen LogP contribution in [0.1, 0.15) is 11.1 Å². The van der Waals surface area contributed by atoms with Gasteiger partial charge in [-0.2, -0.15) is 5.26 Å². The first-order valence-electron chi connectivity index (χ1n) is 3.86. The molecule has 1 rings (SSSR count). The minimum absolute atomic E-state index is 0.106. The summed E-state index contributed by atoms with van der Waals surface area (Å²) in [7, 11) is 0. The van der Waals surface area contributed by atoms with E-state index in [-0.39, 0.29) is 17.1 Å². The Kier molecular flexibility index (Phi) is 3.05. The summed E-state index contributed by atoms with van der Waals surface area (Å²) in [6.07, 6.45) is 0.157. The molecule has 0 aliphatic rings. The summed E-state index contributed by atoms with van der Waals surface area (Å²) in [6.45, 7) is 1.77. The molecule has 14 heavy (non-hydrogen) atoms. The predicted molar refractivity (Wildman–Crippen MR) is 52.2 cm³/mol. The molecule has 0 aromatic heterocycles. The number of benzene rings is 1. The first kappa shape index (κ1) is 10.5. The van der Waals surface area contributed by atoms with Crippen molar-refractivity contribution >= 4 is 17.3 Å². The molecule has 0 aliphatic heterocycles. The summed E-state index contributed by atoms with van der Waals surface area (Å²) >= 11 is 5.67. The maximum absolute atomic E-state index is 10.5. The molecule has 0 N–H and O–H groups in total. The van der Waals surface area contributed by atoms with E-state index in [1.165, 1.54) is 12.1 Å². The number of nitrogens with zero attached hydrogens (tertiary/aromatic N) is 2. The van der Waals surface area contributed by atoms with E-state index in [0.29, 0.717) is 5.56 Å². The van der Waals surface area contributed by atoms with Crippen molar-refractivity contribution in [2.75, 3.05) is 0 Å². The number of halogens is 1. The molecule has 0 heterocycles. The number of aryl methyl sites for hydroxylation is 1. The van der Waals surface area contributed by atoms with Crippen LogP contribution in [0.15, 0.2) is 12.1 Å². The zero-order valence-corrected chi connectivity index (χ0v) is 8.21. The minimum atomic E-state index is -0.553. The van der Waals surface area contributed by atoms with Gasteiger partial charge in [-0.15, -0.1) is 0 Å². The number of nitro benzene ring substituents is 1. The van der Waals surface area contributed by atoms with Gasteiger partial charge in [0.2, 0.25) is 0 Å². The van der Waals surface area contributed by atoms with Crippen molar-refractivity contribution in [3.63, 3.8) is 0 Å². The Balaban J connectivity index is 3.28. The van der Waals surface area contributed by atoms with Crippen LogP contribution in [0.25, 0.3) is 0 Å². The molecular formula is C9H7ClN2O2. The van der Waals surface area contributed by atoms with Gasteiger partial charge in [-0.3, -0.25) is 10.1 Å². The highest BCUT2D eigenvalue weighted by molar-refractivity contribution is 6.32. The lowest BCUT2D eigenvalue weighted by molar-refractivity contribution is -0.384. The van der Waals surface area contributed by atoms with Crippen LogP contribution in [0.2, 0.25) is 5.02 Å². The Morgan fingerprint density at radius 3 is 2.79 bits per heavy atom. The predicted octanol–water partition coefficient (Wildman–Crippen LogP) is 2.62. The fourth-order valence-corrected chi connectivity index (χ4v) is 1.41. The monoisotopic (exact) mass is 210 g/mol. The molecular weight excluding hydrogens is 204 g/mol. The Hall–Kier alpha value is -1.60. The summed E-state index contributed by atoms with van der Waals surface area (Å²) in [4.78, 5) is 9.97. The second kappa shape index (κ2) is 4.07. The van der Waals surface area contributed by atoms with Gasteiger partial charge in [0.15, 0.2) is 0 Å². The number of rotatable bonds is 2. The molecule has 0 spiro atoms. The molecule has 0 atom stereocenters. The molecule has 72 valence electrons. The molecule has 0 unspecified atom stereocenters. The molecule has 0 amide bonds. The average molecular weight is 211 g/mol. The summed E-state index contributed by atoms with van der Waals surface area (Å²) < 4.78 is 0. The smallest absolute Gasteiger partial charge is 0.258 e. The van der Waals surface area contributed by atoms with Crippen LogP contribution in [0.3, 0.4) is 0 Å². The van der Waals surface area contributed by atoms with E-state index in [0.717, 1.165) is 5.56 Å². The zero-order chi connectivity index (χ0) is 10.7. The normalized spacial score (nSPS) is 9.50. The Labute approximate surface area is 85.9 Å². The molecule has 4 nitrogen and oxygen atoms in total. The van der Waals surface area contributed by atoms with Crippen LogP contribution in [0, 0.1) is 28.4 Å². The third kappa shape index (κ3) is 2.01. The molecule has 0 saturated carbocycles. The minimum Gasteiger partial charge on any atom is -0.258 e. The zero-order valence-electron chi connectivity index (χ0n) is 7.45. The molecule has 0 aliphatic carbocycles. The number of hydrogen-bond donors (Lipinski definition) is 0. The van der Waals surface area contributed by atoms with Crippen molar-refractivity contribution in [2.45, 2.75) is 13.3 Å². The average Bonchev–Trinajstić information content (AvgIpc) is 2.09. The second-order valence-corrected chi connectivity index (χ2v) is 3.23. The van der Waals surface area contributed by atoms with Crippen LogP contribution < -0.4 is 0 Å². The first-order valence-corrected chi connectivity index (χ1v) is 4.24. The summed E-state index contributed by atoms with van der Waals surface area (Å²) in [6, 6.07) is 4.80. The van der Waals surface area contributed by atoms with E-state index in [1.807, 2.05) is 6.07 Å². The highest BCUT2D eigenvalue weighted by Gasteiger charge is 2.14. The highest BCUT2D eigenvalue weighted by Crippen LogP contribution is 2.27. The Bertz CT molecular complexity index is 424. The number of hydrogen-bond acceptors (Lipinski definition) is 3.